The van der Waals surface area contributed by atoms with Crippen molar-refractivity contribution in [1.29, 1.82) is 0 Å². The molecule has 2 N–H and O–H groups in total. The van der Waals surface area contributed by atoms with E-state index in [4.69, 9.17) is 10.5 Å². The van der Waals surface area contributed by atoms with E-state index in [-0.39, 0.29) is 18.1 Å². The maximum atomic E-state index is 12.3. The zero-order chi connectivity index (χ0) is 12.4. The molecule has 1 saturated heterocycles. The van der Waals surface area contributed by atoms with Crippen molar-refractivity contribution in [2.75, 3.05) is 13.6 Å². The van der Waals surface area contributed by atoms with Crippen molar-refractivity contribution in [1.82, 2.24) is 4.90 Å². The summed E-state index contributed by atoms with van der Waals surface area (Å²) in [6.07, 6.45) is 5.30. The lowest BCUT2D eigenvalue weighted by atomic mass is 10.0. The van der Waals surface area contributed by atoms with Gasteiger partial charge in [-0.3, -0.25) is 4.79 Å². The zero-order valence-electron chi connectivity index (χ0n) is 10.9. The topological polar surface area (TPSA) is 55.6 Å². The molecule has 0 aromatic rings. The molecule has 4 nitrogen and oxygen atoms in total. The monoisotopic (exact) mass is 240 g/mol. The van der Waals surface area contributed by atoms with Gasteiger partial charge in [0.15, 0.2) is 0 Å². The van der Waals surface area contributed by atoms with Gasteiger partial charge in [0, 0.05) is 13.1 Å². The lowest BCUT2D eigenvalue weighted by molar-refractivity contribution is -0.144. The Morgan fingerprint density at radius 1 is 1.35 bits per heavy atom. The summed E-state index contributed by atoms with van der Waals surface area (Å²) < 4.78 is 5.65. The Morgan fingerprint density at radius 3 is 2.71 bits per heavy atom. The number of nitrogens with two attached hydrogens (primary N) is 1. The van der Waals surface area contributed by atoms with Gasteiger partial charge in [-0.1, -0.05) is 6.42 Å². The Hall–Kier alpha value is -0.610. The molecular weight excluding hydrogens is 216 g/mol. The minimum absolute atomic E-state index is 0.153. The quantitative estimate of drug-likeness (QED) is 0.805. The van der Waals surface area contributed by atoms with E-state index < -0.39 is 0 Å². The summed E-state index contributed by atoms with van der Waals surface area (Å²) >= 11 is 0. The number of carbonyl (C=O) groups excluding carboxylic acids is 1. The van der Waals surface area contributed by atoms with E-state index in [0.717, 1.165) is 25.7 Å². The molecular formula is C13H24N2O2. The first-order valence-corrected chi connectivity index (χ1v) is 6.75. The van der Waals surface area contributed by atoms with Crippen molar-refractivity contribution >= 4 is 5.91 Å². The van der Waals surface area contributed by atoms with Gasteiger partial charge < -0.3 is 15.4 Å². The molecule has 1 amide bonds. The molecule has 2 fully saturated rings. The Kier molecular flexibility index (Phi) is 4.05. The summed E-state index contributed by atoms with van der Waals surface area (Å²) in [4.78, 5) is 14.2. The fourth-order valence-electron chi connectivity index (χ4n) is 3.18. The summed E-state index contributed by atoms with van der Waals surface area (Å²) in [5.74, 6) is 0.627. The highest BCUT2D eigenvalue weighted by atomic mass is 16.5. The second-order valence-corrected chi connectivity index (χ2v) is 5.46. The summed E-state index contributed by atoms with van der Waals surface area (Å²) in [5, 5.41) is 0. The van der Waals surface area contributed by atoms with Gasteiger partial charge in [0.05, 0.1) is 6.10 Å². The van der Waals surface area contributed by atoms with Gasteiger partial charge in [-0.25, -0.2) is 0 Å². The number of ether oxygens (including phenoxy) is 1. The first kappa shape index (κ1) is 12.8. The summed E-state index contributed by atoms with van der Waals surface area (Å²) in [6, 6.07) is 0.326. The van der Waals surface area contributed by atoms with Gasteiger partial charge in [0.1, 0.15) is 6.10 Å². The molecule has 4 heteroatoms. The van der Waals surface area contributed by atoms with Gasteiger partial charge in [-0.2, -0.15) is 0 Å². The van der Waals surface area contributed by atoms with Crippen LogP contribution in [0, 0.1) is 5.92 Å². The predicted octanol–water partition coefficient (Wildman–Crippen LogP) is 1.14. The summed E-state index contributed by atoms with van der Waals surface area (Å²) in [7, 11) is 1.91. The maximum absolute atomic E-state index is 12.3. The van der Waals surface area contributed by atoms with Crippen molar-refractivity contribution in [3.63, 3.8) is 0 Å². The van der Waals surface area contributed by atoms with Crippen LogP contribution in [0.4, 0.5) is 0 Å². The smallest absolute Gasteiger partial charge is 0.251 e. The molecule has 1 saturated carbocycles. The van der Waals surface area contributed by atoms with Crippen molar-refractivity contribution in [2.24, 2.45) is 11.7 Å². The van der Waals surface area contributed by atoms with Gasteiger partial charge in [-0.05, 0) is 45.1 Å². The van der Waals surface area contributed by atoms with Crippen LogP contribution in [0.3, 0.4) is 0 Å². The van der Waals surface area contributed by atoms with E-state index in [2.05, 4.69) is 0 Å². The molecule has 4 unspecified atom stereocenters. The van der Waals surface area contributed by atoms with E-state index in [1.807, 2.05) is 18.9 Å². The van der Waals surface area contributed by atoms with E-state index >= 15 is 0 Å². The third kappa shape index (κ3) is 2.63. The molecule has 98 valence electrons. The van der Waals surface area contributed by atoms with Crippen LogP contribution in [0.1, 0.15) is 39.0 Å². The number of nitrogens with zero attached hydrogens (tertiary/aromatic N) is 1. The van der Waals surface area contributed by atoms with Crippen LogP contribution < -0.4 is 5.73 Å². The molecule has 0 spiro atoms. The average Bonchev–Trinajstić information content (AvgIpc) is 2.95. The zero-order valence-corrected chi connectivity index (χ0v) is 10.9. The molecule has 1 aliphatic carbocycles. The van der Waals surface area contributed by atoms with Crippen LogP contribution in [0.2, 0.25) is 0 Å². The van der Waals surface area contributed by atoms with Gasteiger partial charge in [0.2, 0.25) is 0 Å². The predicted molar refractivity (Wildman–Crippen MR) is 66.5 cm³/mol. The molecule has 0 aromatic heterocycles. The molecule has 17 heavy (non-hydrogen) atoms. The number of amides is 1. The minimum atomic E-state index is -0.214. The van der Waals surface area contributed by atoms with Crippen LogP contribution in [-0.2, 0) is 9.53 Å². The van der Waals surface area contributed by atoms with Crippen LogP contribution in [0.15, 0.2) is 0 Å². The Balaban J connectivity index is 1.94. The number of likely N-dealkylation sites (N-methyl/N-ethyl adjacent to an activating group) is 1. The highest BCUT2D eigenvalue weighted by molar-refractivity contribution is 5.81. The van der Waals surface area contributed by atoms with E-state index in [1.54, 1.807) is 0 Å². The Labute approximate surface area is 103 Å². The molecule has 1 aliphatic heterocycles. The van der Waals surface area contributed by atoms with Crippen molar-refractivity contribution < 1.29 is 9.53 Å². The second-order valence-electron chi connectivity index (χ2n) is 5.46. The molecule has 0 aromatic carbocycles. The van der Waals surface area contributed by atoms with Gasteiger partial charge in [0.25, 0.3) is 5.91 Å². The summed E-state index contributed by atoms with van der Waals surface area (Å²) in [5.41, 5.74) is 5.77. The van der Waals surface area contributed by atoms with Gasteiger partial charge >= 0.3 is 0 Å². The molecule has 0 bridgehead atoms. The third-order valence-electron chi connectivity index (χ3n) is 4.27. The maximum Gasteiger partial charge on any atom is 0.251 e. The SMILES string of the molecule is CC1CCC(C(=O)N(C)C2CCCC2CN)O1. The lowest BCUT2D eigenvalue weighted by Crippen LogP contribution is -2.45. The normalized spacial score (nSPS) is 37.4. The largest absolute Gasteiger partial charge is 0.365 e. The third-order valence-corrected chi connectivity index (χ3v) is 4.27. The molecule has 1 heterocycles. The van der Waals surface area contributed by atoms with Gasteiger partial charge in [-0.15, -0.1) is 0 Å². The van der Waals surface area contributed by atoms with Crippen molar-refractivity contribution in [3.8, 4) is 0 Å². The fourth-order valence-corrected chi connectivity index (χ4v) is 3.18. The Morgan fingerprint density at radius 2 is 2.12 bits per heavy atom. The molecule has 4 atom stereocenters. The first-order chi connectivity index (χ1) is 8.13. The second kappa shape index (κ2) is 5.36. The standard InChI is InChI=1S/C13H24N2O2/c1-9-6-7-12(17-9)13(16)15(2)11-5-3-4-10(11)8-14/h9-12H,3-8,14H2,1-2H3. The van der Waals surface area contributed by atoms with Crippen LogP contribution in [0.25, 0.3) is 0 Å². The lowest BCUT2D eigenvalue weighted by Gasteiger charge is -2.31. The fraction of sp³-hybridized carbons (Fsp3) is 0.923. The van der Waals surface area contributed by atoms with Crippen LogP contribution >= 0.6 is 0 Å². The summed E-state index contributed by atoms with van der Waals surface area (Å²) in [6.45, 7) is 2.72. The van der Waals surface area contributed by atoms with Crippen molar-refractivity contribution in [3.05, 3.63) is 0 Å². The minimum Gasteiger partial charge on any atom is -0.365 e. The Bertz CT molecular complexity index is 283. The molecule has 0 radical (unpaired) electrons. The average molecular weight is 240 g/mol. The van der Waals surface area contributed by atoms with E-state index in [0.29, 0.717) is 18.5 Å². The highest BCUT2D eigenvalue weighted by Gasteiger charge is 2.36. The molecule has 2 aliphatic rings. The number of rotatable bonds is 3. The van der Waals surface area contributed by atoms with Crippen molar-refractivity contribution in [2.45, 2.75) is 57.3 Å². The molecule has 2 rings (SSSR count). The first-order valence-electron chi connectivity index (χ1n) is 6.75. The van der Waals surface area contributed by atoms with Crippen LogP contribution in [0.5, 0.6) is 0 Å². The highest BCUT2D eigenvalue weighted by Crippen LogP contribution is 2.30. The van der Waals surface area contributed by atoms with E-state index in [1.165, 1.54) is 6.42 Å². The number of carbonyl (C=O) groups is 1. The van der Waals surface area contributed by atoms with E-state index in [9.17, 15) is 4.79 Å². The number of hydrogen-bond acceptors (Lipinski definition) is 3. The van der Waals surface area contributed by atoms with Crippen LogP contribution in [-0.4, -0.2) is 42.6 Å². The number of hydrogen-bond donors (Lipinski definition) is 1.